The quantitative estimate of drug-likeness (QED) is 0.747. The number of likely N-dealkylation sites (tertiary alicyclic amines) is 1. The van der Waals surface area contributed by atoms with Crippen LogP contribution in [-0.2, 0) is 9.59 Å². The van der Waals surface area contributed by atoms with E-state index in [1.807, 2.05) is 17.0 Å². The molecule has 0 spiro atoms. The molecule has 4 rings (SSSR count). The summed E-state index contributed by atoms with van der Waals surface area (Å²) in [6, 6.07) is 14.0. The van der Waals surface area contributed by atoms with Gasteiger partial charge in [-0.05, 0) is 62.1 Å². The Morgan fingerprint density at radius 3 is 2.39 bits per heavy atom. The predicted molar refractivity (Wildman–Crippen MR) is 118 cm³/mol. The third-order valence-electron chi connectivity index (χ3n) is 5.80. The molecule has 2 aromatic carbocycles. The average Bonchev–Trinajstić information content (AvgIpc) is 3.65. The zero-order chi connectivity index (χ0) is 21.8. The monoisotopic (exact) mass is 421 g/mol. The molecule has 1 aliphatic heterocycles. The van der Waals surface area contributed by atoms with Gasteiger partial charge in [0.25, 0.3) is 5.91 Å². The summed E-state index contributed by atoms with van der Waals surface area (Å²) in [5.74, 6) is 0.411. The molecule has 0 aromatic heterocycles. The highest BCUT2D eigenvalue weighted by Crippen LogP contribution is 2.32. The Bertz CT molecular complexity index is 969. The Balaban J connectivity index is 1.34. The largest absolute Gasteiger partial charge is 0.495 e. The van der Waals surface area contributed by atoms with Crippen LogP contribution in [0.3, 0.4) is 0 Å². The number of hydrogen-bond donors (Lipinski definition) is 2. The fourth-order valence-corrected chi connectivity index (χ4v) is 3.87. The first-order valence-corrected chi connectivity index (χ1v) is 10.7. The van der Waals surface area contributed by atoms with Crippen LogP contribution in [0.2, 0.25) is 0 Å². The van der Waals surface area contributed by atoms with Crippen molar-refractivity contribution in [2.75, 3.05) is 30.8 Å². The van der Waals surface area contributed by atoms with Gasteiger partial charge in [-0.1, -0.05) is 12.1 Å². The molecule has 1 atom stereocenters. The van der Waals surface area contributed by atoms with Crippen molar-refractivity contribution in [3.63, 3.8) is 0 Å². The molecule has 2 fully saturated rings. The van der Waals surface area contributed by atoms with E-state index in [9.17, 15) is 14.4 Å². The Morgan fingerprint density at radius 2 is 1.68 bits per heavy atom. The molecular formula is C24H27N3O4. The minimum Gasteiger partial charge on any atom is -0.495 e. The van der Waals surface area contributed by atoms with Crippen molar-refractivity contribution in [1.29, 1.82) is 0 Å². The van der Waals surface area contributed by atoms with Crippen LogP contribution in [0.1, 0.15) is 36.0 Å². The van der Waals surface area contributed by atoms with Crippen LogP contribution in [0.25, 0.3) is 0 Å². The smallest absolute Gasteiger partial charge is 0.255 e. The van der Waals surface area contributed by atoms with Crippen molar-refractivity contribution < 1.29 is 19.1 Å². The molecule has 1 saturated heterocycles. The van der Waals surface area contributed by atoms with Crippen LogP contribution >= 0.6 is 0 Å². The molecule has 2 aliphatic rings. The highest BCUT2D eigenvalue weighted by molar-refractivity contribution is 6.05. The molecule has 3 amide bonds. The molecule has 162 valence electrons. The first-order valence-electron chi connectivity index (χ1n) is 10.7. The molecule has 1 unspecified atom stereocenters. The van der Waals surface area contributed by atoms with Crippen molar-refractivity contribution in [2.45, 2.75) is 25.7 Å². The van der Waals surface area contributed by atoms with Crippen molar-refractivity contribution in [3.05, 3.63) is 54.1 Å². The molecule has 0 bridgehead atoms. The van der Waals surface area contributed by atoms with E-state index in [1.54, 1.807) is 43.5 Å². The second-order valence-corrected chi connectivity index (χ2v) is 8.12. The number of piperidine rings is 1. The van der Waals surface area contributed by atoms with Crippen LogP contribution < -0.4 is 15.4 Å². The average molecular weight is 421 g/mol. The number of carbonyl (C=O) groups excluding carboxylic acids is 3. The third-order valence-corrected chi connectivity index (χ3v) is 5.80. The van der Waals surface area contributed by atoms with E-state index >= 15 is 0 Å². The summed E-state index contributed by atoms with van der Waals surface area (Å²) in [5.41, 5.74) is 1.70. The molecule has 2 aromatic rings. The summed E-state index contributed by atoms with van der Waals surface area (Å²) >= 11 is 0. The lowest BCUT2D eigenvalue weighted by Crippen LogP contribution is -2.44. The molecule has 1 aliphatic carbocycles. The van der Waals surface area contributed by atoms with E-state index in [0.29, 0.717) is 29.2 Å². The maximum Gasteiger partial charge on any atom is 0.255 e. The predicted octanol–water partition coefficient (Wildman–Crippen LogP) is 3.53. The molecule has 1 heterocycles. The van der Waals surface area contributed by atoms with Crippen LogP contribution in [0.15, 0.2) is 48.5 Å². The molecule has 1 saturated carbocycles. The van der Waals surface area contributed by atoms with Gasteiger partial charge < -0.3 is 20.3 Å². The minimum absolute atomic E-state index is 0.0838. The van der Waals surface area contributed by atoms with Gasteiger partial charge in [0.1, 0.15) is 5.75 Å². The summed E-state index contributed by atoms with van der Waals surface area (Å²) in [6.07, 6.45) is 3.57. The van der Waals surface area contributed by atoms with Gasteiger partial charge in [-0.2, -0.15) is 0 Å². The number of nitrogens with one attached hydrogen (secondary N) is 2. The van der Waals surface area contributed by atoms with Gasteiger partial charge in [0, 0.05) is 30.3 Å². The number of anilines is 2. The van der Waals surface area contributed by atoms with Gasteiger partial charge in [0.05, 0.1) is 18.7 Å². The molecule has 0 radical (unpaired) electrons. The Hall–Kier alpha value is -3.35. The van der Waals surface area contributed by atoms with E-state index in [1.165, 1.54) is 0 Å². The minimum atomic E-state index is -0.260. The van der Waals surface area contributed by atoms with Crippen LogP contribution in [0.5, 0.6) is 5.75 Å². The number of hydrogen-bond acceptors (Lipinski definition) is 4. The summed E-state index contributed by atoms with van der Waals surface area (Å²) in [7, 11) is 1.55. The number of rotatable bonds is 6. The number of carbonyl (C=O) groups is 3. The first kappa shape index (κ1) is 20.9. The van der Waals surface area contributed by atoms with Gasteiger partial charge in [-0.3, -0.25) is 14.4 Å². The van der Waals surface area contributed by atoms with E-state index in [2.05, 4.69) is 10.6 Å². The fraction of sp³-hybridized carbons (Fsp3) is 0.375. The lowest BCUT2D eigenvalue weighted by atomic mass is 9.96. The number of para-hydroxylation sites is 2. The second kappa shape index (κ2) is 9.20. The van der Waals surface area contributed by atoms with Crippen LogP contribution in [-0.4, -0.2) is 42.8 Å². The molecule has 2 N–H and O–H groups in total. The highest BCUT2D eigenvalue weighted by atomic mass is 16.5. The maximum atomic E-state index is 12.7. The Kier molecular flexibility index (Phi) is 6.21. The zero-order valence-electron chi connectivity index (χ0n) is 17.6. The summed E-state index contributed by atoms with van der Waals surface area (Å²) < 4.78 is 5.25. The lowest BCUT2D eigenvalue weighted by Gasteiger charge is -2.32. The SMILES string of the molecule is COc1ccccc1NC(=O)c1ccc(NC(=O)C2CCCN(C(=O)C3CC3)C2)cc1. The van der Waals surface area contributed by atoms with E-state index in [-0.39, 0.29) is 29.6 Å². The summed E-state index contributed by atoms with van der Waals surface area (Å²) in [6.45, 7) is 1.23. The number of benzene rings is 2. The van der Waals surface area contributed by atoms with Crippen molar-refractivity contribution in [3.8, 4) is 5.75 Å². The summed E-state index contributed by atoms with van der Waals surface area (Å²) in [4.78, 5) is 39.4. The van der Waals surface area contributed by atoms with E-state index in [0.717, 1.165) is 32.2 Å². The number of methoxy groups -OCH3 is 1. The van der Waals surface area contributed by atoms with Gasteiger partial charge >= 0.3 is 0 Å². The highest BCUT2D eigenvalue weighted by Gasteiger charge is 2.36. The molecular weight excluding hydrogens is 394 g/mol. The van der Waals surface area contributed by atoms with E-state index in [4.69, 9.17) is 4.74 Å². The van der Waals surface area contributed by atoms with Gasteiger partial charge in [-0.25, -0.2) is 0 Å². The molecule has 7 heteroatoms. The first-order chi connectivity index (χ1) is 15.0. The molecule has 31 heavy (non-hydrogen) atoms. The topological polar surface area (TPSA) is 87.7 Å². The Labute approximate surface area is 181 Å². The van der Waals surface area contributed by atoms with Gasteiger partial charge in [0.15, 0.2) is 0 Å². The van der Waals surface area contributed by atoms with Gasteiger partial charge in [0.2, 0.25) is 11.8 Å². The van der Waals surface area contributed by atoms with Gasteiger partial charge in [-0.15, -0.1) is 0 Å². The zero-order valence-corrected chi connectivity index (χ0v) is 17.6. The fourth-order valence-electron chi connectivity index (χ4n) is 3.87. The van der Waals surface area contributed by atoms with Crippen molar-refractivity contribution in [2.24, 2.45) is 11.8 Å². The van der Waals surface area contributed by atoms with Crippen LogP contribution in [0, 0.1) is 11.8 Å². The normalized spacial score (nSPS) is 18.2. The standard InChI is InChI=1S/C24H27N3O4/c1-31-21-7-3-2-6-20(21)26-22(28)16-10-12-19(13-11-16)25-23(29)18-5-4-14-27(15-18)24(30)17-8-9-17/h2-3,6-7,10-13,17-18H,4-5,8-9,14-15H2,1H3,(H,25,29)(H,26,28). The van der Waals surface area contributed by atoms with E-state index < -0.39 is 0 Å². The second-order valence-electron chi connectivity index (χ2n) is 8.12. The number of nitrogens with zero attached hydrogens (tertiary/aromatic N) is 1. The summed E-state index contributed by atoms with van der Waals surface area (Å²) in [5, 5.41) is 5.75. The maximum absolute atomic E-state index is 12.7. The van der Waals surface area contributed by atoms with Crippen LogP contribution in [0.4, 0.5) is 11.4 Å². The lowest BCUT2D eigenvalue weighted by molar-refractivity contribution is -0.135. The van der Waals surface area contributed by atoms with Crippen molar-refractivity contribution in [1.82, 2.24) is 4.90 Å². The number of amides is 3. The Morgan fingerprint density at radius 1 is 0.935 bits per heavy atom. The number of ether oxygens (including phenoxy) is 1. The van der Waals surface area contributed by atoms with Crippen molar-refractivity contribution >= 4 is 29.1 Å². The molecule has 7 nitrogen and oxygen atoms in total. The third kappa shape index (κ3) is 5.05.